The Bertz CT molecular complexity index is 25.2. The van der Waals surface area contributed by atoms with E-state index in [4.69, 9.17) is 19.2 Å². The van der Waals surface area contributed by atoms with Crippen LogP contribution in [0.1, 0.15) is 0 Å². The van der Waals surface area contributed by atoms with Gasteiger partial charge in [-0.25, -0.2) is 0 Å². The van der Waals surface area contributed by atoms with Crippen LogP contribution in [0.2, 0.25) is 0 Å². The molecule has 7 heavy (non-hydrogen) atoms. The minimum atomic E-state index is -5.61. The quantitative estimate of drug-likeness (QED) is 0.399. The SMILES string of the molecule is [Ba+2].[Ba+2].[O-][Si]([O-])([O-])[O-]. The van der Waals surface area contributed by atoms with Gasteiger partial charge in [0.15, 0.2) is 0 Å². The Balaban J connectivity index is -0.0000000800. The maximum atomic E-state index is 8.58. The van der Waals surface area contributed by atoms with Crippen molar-refractivity contribution in [2.75, 3.05) is 0 Å². The second-order valence-corrected chi connectivity index (χ2v) is 1.50. The fraction of sp³-hybridized carbons (Fsp3) is 0. The van der Waals surface area contributed by atoms with Crippen LogP contribution >= 0.6 is 0 Å². The molecule has 0 aliphatic carbocycles. The van der Waals surface area contributed by atoms with Gasteiger partial charge >= 0.3 is 97.8 Å². The Morgan fingerprint density at radius 2 is 0.714 bits per heavy atom. The molecule has 0 rings (SSSR count). The molecule has 0 saturated carbocycles. The van der Waals surface area contributed by atoms with Gasteiger partial charge in [-0.3, -0.25) is 0 Å². The van der Waals surface area contributed by atoms with Gasteiger partial charge in [-0.05, 0) is 0 Å². The van der Waals surface area contributed by atoms with E-state index in [9.17, 15) is 0 Å². The molecule has 0 fully saturated rings. The van der Waals surface area contributed by atoms with Gasteiger partial charge in [0.05, 0.1) is 0 Å². The van der Waals surface area contributed by atoms with Gasteiger partial charge in [-0.15, -0.1) is 0 Å². The molecule has 0 aromatic carbocycles. The molecule has 4 nitrogen and oxygen atoms in total. The van der Waals surface area contributed by atoms with Gasteiger partial charge in [0.2, 0.25) is 0 Å². The third kappa shape index (κ3) is 46.6. The van der Waals surface area contributed by atoms with Crippen molar-refractivity contribution in [2.45, 2.75) is 0 Å². The Morgan fingerprint density at radius 1 is 0.714 bits per heavy atom. The standard InChI is InChI=1S/2Ba.O4Si/c;;1-5(2,3)4/q2*+2;-4. The first-order chi connectivity index (χ1) is 2.00. The first-order valence-corrected chi connectivity index (χ1v) is 2.45. The van der Waals surface area contributed by atoms with Crippen LogP contribution in [0.3, 0.4) is 0 Å². The van der Waals surface area contributed by atoms with Gasteiger partial charge in [0.1, 0.15) is 0 Å². The van der Waals surface area contributed by atoms with Crippen molar-refractivity contribution in [2.24, 2.45) is 0 Å². The molecular formula is Ba2O4Si. The Morgan fingerprint density at radius 3 is 0.714 bits per heavy atom. The van der Waals surface area contributed by atoms with E-state index in [1.807, 2.05) is 0 Å². The third-order valence-electron chi connectivity index (χ3n) is 0. The smallest absolute Gasteiger partial charge is 0.894 e. The van der Waals surface area contributed by atoms with Gasteiger partial charge in [0.25, 0.3) is 0 Å². The molecule has 0 radical (unpaired) electrons. The van der Waals surface area contributed by atoms with E-state index in [0.29, 0.717) is 0 Å². The zero-order valence-electron chi connectivity index (χ0n) is 3.55. The fourth-order valence-corrected chi connectivity index (χ4v) is 0. The Kier molecular flexibility index (Phi) is 17.4. The van der Waals surface area contributed by atoms with Crippen molar-refractivity contribution in [3.8, 4) is 0 Å². The predicted molar refractivity (Wildman–Crippen MR) is 17.3 cm³/mol. The molecule has 0 bridgehead atoms. The van der Waals surface area contributed by atoms with Crippen molar-refractivity contribution in [3.05, 3.63) is 0 Å². The summed E-state index contributed by atoms with van der Waals surface area (Å²) in [5.41, 5.74) is 0. The summed E-state index contributed by atoms with van der Waals surface area (Å²) in [6.07, 6.45) is 0. The minimum Gasteiger partial charge on any atom is -0.894 e. The van der Waals surface area contributed by atoms with E-state index in [-0.39, 0.29) is 97.8 Å². The van der Waals surface area contributed by atoms with E-state index in [1.54, 1.807) is 0 Å². The van der Waals surface area contributed by atoms with Crippen LogP contribution in [-0.4, -0.2) is 107 Å². The zero-order chi connectivity index (χ0) is 4.50. The van der Waals surface area contributed by atoms with Gasteiger partial charge in [0, 0.05) is 0 Å². The molecule has 0 aliphatic rings. The van der Waals surface area contributed by atoms with E-state index < -0.39 is 9.05 Å². The van der Waals surface area contributed by atoms with E-state index in [1.165, 1.54) is 0 Å². The summed E-state index contributed by atoms with van der Waals surface area (Å²) in [4.78, 5) is 34.3. The fourth-order valence-electron chi connectivity index (χ4n) is 0. The third-order valence-corrected chi connectivity index (χ3v) is 0. The van der Waals surface area contributed by atoms with E-state index in [0.717, 1.165) is 0 Å². The summed E-state index contributed by atoms with van der Waals surface area (Å²) in [5.74, 6) is 0. The number of hydrogen-bond acceptors (Lipinski definition) is 4. The van der Waals surface area contributed by atoms with Gasteiger partial charge in [-0.1, -0.05) is 0 Å². The van der Waals surface area contributed by atoms with Crippen LogP contribution in [0.25, 0.3) is 0 Å². The van der Waals surface area contributed by atoms with Crippen LogP contribution in [-0.2, 0) is 0 Å². The molecule has 0 saturated heterocycles. The molecule has 0 spiro atoms. The summed E-state index contributed by atoms with van der Waals surface area (Å²) in [6, 6.07) is 0. The summed E-state index contributed by atoms with van der Waals surface area (Å²) in [6.45, 7) is 0. The average molecular weight is 367 g/mol. The molecule has 0 aromatic heterocycles. The van der Waals surface area contributed by atoms with Gasteiger partial charge in [-0.2, -0.15) is 0 Å². The van der Waals surface area contributed by atoms with Crippen LogP contribution in [0, 0.1) is 0 Å². The largest absolute Gasteiger partial charge is 2.00 e. The van der Waals surface area contributed by atoms with Crippen molar-refractivity contribution in [1.29, 1.82) is 0 Å². The Labute approximate surface area is 123 Å². The maximum Gasteiger partial charge on any atom is 2.00 e. The normalized spacial score (nSPS) is 8.57. The second-order valence-electron chi connectivity index (χ2n) is 0.500. The molecule has 0 atom stereocenters. The maximum absolute atomic E-state index is 8.58. The van der Waals surface area contributed by atoms with Gasteiger partial charge < -0.3 is 28.2 Å². The second kappa shape index (κ2) is 7.31. The van der Waals surface area contributed by atoms with Crippen LogP contribution in [0.5, 0.6) is 0 Å². The molecule has 0 N–H and O–H groups in total. The first kappa shape index (κ1) is 16.7. The van der Waals surface area contributed by atoms with Crippen molar-refractivity contribution >= 4 is 107 Å². The van der Waals surface area contributed by atoms with E-state index >= 15 is 0 Å². The topological polar surface area (TPSA) is 92.2 Å². The van der Waals surface area contributed by atoms with E-state index in [2.05, 4.69) is 0 Å². The first-order valence-electron chi connectivity index (χ1n) is 0.816. The monoisotopic (exact) mass is 368 g/mol. The average Bonchev–Trinajstić information content (AvgIpc) is 0.722. The summed E-state index contributed by atoms with van der Waals surface area (Å²) >= 11 is 0. The summed E-state index contributed by atoms with van der Waals surface area (Å²) in [7, 11) is -5.61. The number of rotatable bonds is 0. The predicted octanol–water partition coefficient (Wildman–Crippen LogP) is -5.90. The summed E-state index contributed by atoms with van der Waals surface area (Å²) in [5, 5.41) is 0. The van der Waals surface area contributed by atoms with Crippen LogP contribution in [0.4, 0.5) is 0 Å². The minimum absolute atomic E-state index is 0. The van der Waals surface area contributed by atoms with Crippen molar-refractivity contribution in [1.82, 2.24) is 0 Å². The number of hydrogen-bond donors (Lipinski definition) is 0. The molecule has 0 unspecified atom stereocenters. The molecule has 0 amide bonds. The molecular weight excluding hydrogens is 367 g/mol. The van der Waals surface area contributed by atoms with Crippen molar-refractivity contribution in [3.63, 3.8) is 0 Å². The Hall–Kier alpha value is 3.20. The zero-order valence-corrected chi connectivity index (χ0v) is 13.4. The molecule has 0 aliphatic heterocycles. The van der Waals surface area contributed by atoms with Crippen molar-refractivity contribution < 1.29 is 19.2 Å². The van der Waals surface area contributed by atoms with Crippen LogP contribution < -0.4 is 19.2 Å². The molecule has 0 heterocycles. The van der Waals surface area contributed by atoms with Crippen LogP contribution in [0.15, 0.2) is 0 Å². The molecule has 32 valence electrons. The molecule has 7 heteroatoms. The summed E-state index contributed by atoms with van der Waals surface area (Å²) < 4.78 is 0. The molecule has 0 aromatic rings.